The molecule has 2 rings (SSSR count). The number of hydrazone groups is 1. The molecule has 5 heteroatoms. The molecule has 0 atom stereocenters. The molecule has 0 aromatic heterocycles. The van der Waals surface area contributed by atoms with Gasteiger partial charge in [0.15, 0.2) is 0 Å². The van der Waals surface area contributed by atoms with E-state index in [1.54, 1.807) is 25.5 Å². The van der Waals surface area contributed by atoms with Crippen LogP contribution >= 0.6 is 0 Å². The molecule has 0 unspecified atom stereocenters. The van der Waals surface area contributed by atoms with Crippen molar-refractivity contribution in [2.45, 2.75) is 52.4 Å². The van der Waals surface area contributed by atoms with Crippen molar-refractivity contribution in [1.29, 1.82) is 0 Å². The van der Waals surface area contributed by atoms with Crippen LogP contribution < -0.4 is 10.2 Å². The van der Waals surface area contributed by atoms with Gasteiger partial charge in [-0.15, -0.1) is 0 Å². The molecule has 0 radical (unpaired) electrons. The first-order valence-corrected chi connectivity index (χ1v) is 9.29. The number of benzene rings is 2. The first-order valence-electron chi connectivity index (χ1n) is 9.29. The Hall–Kier alpha value is -2.82. The van der Waals surface area contributed by atoms with Gasteiger partial charge in [-0.1, -0.05) is 41.5 Å². The molecule has 0 heterocycles. The normalized spacial score (nSPS) is 12.2. The largest absolute Gasteiger partial charge is 0.507 e. The number of carbonyl (C=O) groups excluding carboxylic acids is 1. The third-order valence-corrected chi connectivity index (χ3v) is 4.48. The highest BCUT2D eigenvalue weighted by molar-refractivity contribution is 5.95. The van der Waals surface area contributed by atoms with Crippen molar-refractivity contribution in [2.24, 2.45) is 5.10 Å². The number of phenolic OH excluding ortho intramolecular Hbond substituents is 1. The Morgan fingerprint density at radius 1 is 1.00 bits per heavy atom. The molecule has 0 aliphatic rings. The summed E-state index contributed by atoms with van der Waals surface area (Å²) in [5.74, 6) is 0.689. The molecular weight excluding hydrogens is 352 g/mol. The molecule has 28 heavy (non-hydrogen) atoms. The number of ether oxygens (including phenoxy) is 1. The Labute approximate surface area is 167 Å². The van der Waals surface area contributed by atoms with E-state index in [0.29, 0.717) is 5.56 Å². The highest BCUT2D eigenvalue weighted by atomic mass is 16.5. The number of amides is 1. The Morgan fingerprint density at radius 3 is 1.93 bits per heavy atom. The molecule has 5 nitrogen and oxygen atoms in total. The molecule has 2 N–H and O–H groups in total. The van der Waals surface area contributed by atoms with E-state index in [2.05, 4.69) is 10.5 Å². The van der Waals surface area contributed by atoms with E-state index in [9.17, 15) is 9.90 Å². The second kappa shape index (κ2) is 8.05. The van der Waals surface area contributed by atoms with Gasteiger partial charge in [-0.05, 0) is 52.8 Å². The number of methoxy groups -OCH3 is 1. The lowest BCUT2D eigenvalue weighted by Crippen LogP contribution is -2.22. The quantitative estimate of drug-likeness (QED) is 0.592. The summed E-state index contributed by atoms with van der Waals surface area (Å²) in [5, 5.41) is 14.8. The first kappa shape index (κ1) is 21.5. The maximum Gasteiger partial charge on any atom is 0.271 e. The summed E-state index contributed by atoms with van der Waals surface area (Å²) < 4.78 is 5.12. The van der Waals surface area contributed by atoms with E-state index in [0.717, 1.165) is 22.4 Å². The SMILES string of the molecule is COc1ccc(C=NNC(=O)c2cc(C(C)(C)C)c(O)c(C(C)(C)C)c2)cc1. The molecule has 0 bridgehead atoms. The molecule has 0 saturated heterocycles. The van der Waals surface area contributed by atoms with Crippen molar-refractivity contribution >= 4 is 12.1 Å². The zero-order chi connectivity index (χ0) is 21.1. The van der Waals surface area contributed by atoms with Crippen molar-refractivity contribution in [3.63, 3.8) is 0 Å². The fourth-order valence-corrected chi connectivity index (χ4v) is 2.83. The van der Waals surface area contributed by atoms with E-state index in [1.807, 2.05) is 65.8 Å². The third kappa shape index (κ3) is 5.12. The van der Waals surface area contributed by atoms with Crippen molar-refractivity contribution < 1.29 is 14.6 Å². The highest BCUT2D eigenvalue weighted by Crippen LogP contribution is 2.39. The van der Waals surface area contributed by atoms with Gasteiger partial charge in [-0.25, -0.2) is 5.43 Å². The molecule has 0 spiro atoms. The summed E-state index contributed by atoms with van der Waals surface area (Å²) in [6.07, 6.45) is 1.58. The van der Waals surface area contributed by atoms with Crippen LogP contribution in [-0.4, -0.2) is 24.3 Å². The Bertz CT molecular complexity index is 835. The summed E-state index contributed by atoms with van der Waals surface area (Å²) >= 11 is 0. The Morgan fingerprint density at radius 2 is 1.50 bits per heavy atom. The second-order valence-corrected chi connectivity index (χ2v) is 8.89. The monoisotopic (exact) mass is 382 g/mol. The summed E-state index contributed by atoms with van der Waals surface area (Å²) in [5.41, 5.74) is 4.77. The van der Waals surface area contributed by atoms with Crippen molar-refractivity contribution in [3.05, 3.63) is 58.7 Å². The number of phenols is 1. The highest BCUT2D eigenvalue weighted by Gasteiger charge is 2.27. The summed E-state index contributed by atoms with van der Waals surface area (Å²) in [7, 11) is 1.61. The fraction of sp³-hybridized carbons (Fsp3) is 0.391. The van der Waals surface area contributed by atoms with Crippen LogP contribution in [0.2, 0.25) is 0 Å². The van der Waals surface area contributed by atoms with Crippen molar-refractivity contribution in [2.75, 3.05) is 7.11 Å². The molecule has 2 aromatic carbocycles. The average molecular weight is 383 g/mol. The van der Waals surface area contributed by atoms with Crippen LogP contribution in [0.4, 0.5) is 0 Å². The minimum absolute atomic E-state index is 0.248. The van der Waals surface area contributed by atoms with Crippen molar-refractivity contribution in [3.8, 4) is 11.5 Å². The lowest BCUT2D eigenvalue weighted by Gasteiger charge is -2.28. The average Bonchev–Trinajstić information content (AvgIpc) is 2.60. The minimum Gasteiger partial charge on any atom is -0.507 e. The molecule has 150 valence electrons. The maximum absolute atomic E-state index is 12.7. The van der Waals surface area contributed by atoms with Gasteiger partial charge in [0.25, 0.3) is 5.91 Å². The second-order valence-electron chi connectivity index (χ2n) is 8.89. The van der Waals surface area contributed by atoms with Crippen LogP contribution in [-0.2, 0) is 10.8 Å². The van der Waals surface area contributed by atoms with Crippen LogP contribution in [0, 0.1) is 0 Å². The molecule has 2 aromatic rings. The van der Waals surface area contributed by atoms with E-state index < -0.39 is 0 Å². The number of rotatable bonds is 4. The summed E-state index contributed by atoms with van der Waals surface area (Å²) in [4.78, 5) is 12.7. The lowest BCUT2D eigenvalue weighted by molar-refractivity contribution is 0.0955. The van der Waals surface area contributed by atoms with Gasteiger partial charge in [-0.2, -0.15) is 5.10 Å². The van der Waals surface area contributed by atoms with E-state index >= 15 is 0 Å². The van der Waals surface area contributed by atoms with Crippen LogP contribution in [0.3, 0.4) is 0 Å². The van der Waals surface area contributed by atoms with Gasteiger partial charge < -0.3 is 9.84 Å². The number of carbonyl (C=O) groups is 1. The van der Waals surface area contributed by atoms with E-state index in [1.165, 1.54) is 0 Å². The van der Waals surface area contributed by atoms with Gasteiger partial charge in [0.05, 0.1) is 13.3 Å². The number of hydrogen-bond donors (Lipinski definition) is 2. The first-order chi connectivity index (χ1) is 12.9. The van der Waals surface area contributed by atoms with Gasteiger partial charge in [0.1, 0.15) is 11.5 Å². The van der Waals surface area contributed by atoms with Gasteiger partial charge in [0.2, 0.25) is 0 Å². The van der Waals surface area contributed by atoms with Crippen molar-refractivity contribution in [1.82, 2.24) is 5.43 Å². The molecule has 0 aliphatic carbocycles. The molecular formula is C23H30N2O3. The topological polar surface area (TPSA) is 70.9 Å². The Kier molecular flexibility index (Phi) is 6.17. The predicted octanol–water partition coefficient (Wildman–Crippen LogP) is 4.76. The predicted molar refractivity (Wildman–Crippen MR) is 114 cm³/mol. The standard InChI is InChI=1S/C23H30N2O3/c1-22(2,3)18-12-16(13-19(20(18)26)23(4,5)6)21(27)25-24-14-15-8-10-17(28-7)11-9-15/h8-14,26H,1-7H3,(H,25,27). The number of nitrogens with one attached hydrogen (secondary N) is 1. The molecule has 0 fully saturated rings. The van der Waals surface area contributed by atoms with Crippen LogP contribution in [0.5, 0.6) is 11.5 Å². The molecule has 0 saturated carbocycles. The lowest BCUT2D eigenvalue weighted by atomic mass is 9.78. The van der Waals surface area contributed by atoms with Crippen LogP contribution in [0.25, 0.3) is 0 Å². The van der Waals surface area contributed by atoms with Crippen LogP contribution in [0.1, 0.15) is 68.6 Å². The van der Waals surface area contributed by atoms with Crippen LogP contribution in [0.15, 0.2) is 41.5 Å². The number of nitrogens with zero attached hydrogens (tertiary/aromatic N) is 1. The Balaban J connectivity index is 2.30. The smallest absolute Gasteiger partial charge is 0.271 e. The zero-order valence-electron chi connectivity index (χ0n) is 17.8. The molecule has 0 aliphatic heterocycles. The molecule has 1 amide bonds. The summed E-state index contributed by atoms with van der Waals surface area (Å²) in [6.45, 7) is 12.1. The minimum atomic E-state index is -0.319. The van der Waals surface area contributed by atoms with E-state index in [-0.39, 0.29) is 22.5 Å². The summed E-state index contributed by atoms with van der Waals surface area (Å²) in [6, 6.07) is 10.8. The van der Waals surface area contributed by atoms with Gasteiger partial charge in [0, 0.05) is 16.7 Å². The van der Waals surface area contributed by atoms with E-state index in [4.69, 9.17) is 4.74 Å². The number of aromatic hydroxyl groups is 1. The third-order valence-electron chi connectivity index (χ3n) is 4.48. The fourth-order valence-electron chi connectivity index (χ4n) is 2.83. The van der Waals surface area contributed by atoms with Gasteiger partial charge in [-0.3, -0.25) is 4.79 Å². The number of hydrogen-bond acceptors (Lipinski definition) is 4. The maximum atomic E-state index is 12.7. The van der Waals surface area contributed by atoms with Gasteiger partial charge >= 0.3 is 0 Å². The zero-order valence-corrected chi connectivity index (χ0v) is 17.8.